The van der Waals surface area contributed by atoms with Crippen molar-refractivity contribution in [1.29, 1.82) is 5.26 Å². The van der Waals surface area contributed by atoms with Crippen molar-refractivity contribution in [1.82, 2.24) is 14.5 Å². The predicted molar refractivity (Wildman–Crippen MR) is 79.8 cm³/mol. The molecule has 6 nitrogen and oxygen atoms in total. The van der Waals surface area contributed by atoms with Crippen molar-refractivity contribution in [3.8, 4) is 6.07 Å². The Morgan fingerprint density at radius 3 is 2.30 bits per heavy atom. The van der Waals surface area contributed by atoms with Crippen LogP contribution in [0, 0.1) is 11.3 Å². The lowest BCUT2D eigenvalue weighted by molar-refractivity contribution is 0.185. The summed E-state index contributed by atoms with van der Waals surface area (Å²) < 4.78 is 24.3. The van der Waals surface area contributed by atoms with Crippen LogP contribution in [0.5, 0.6) is 0 Å². The molecule has 0 amide bonds. The van der Waals surface area contributed by atoms with Gasteiger partial charge in [-0.2, -0.15) is 9.57 Å². The van der Waals surface area contributed by atoms with Gasteiger partial charge in [0.1, 0.15) is 5.54 Å². The van der Waals surface area contributed by atoms with Gasteiger partial charge in [-0.05, 0) is 39.8 Å². The monoisotopic (exact) mass is 302 g/mol. The molecule has 7 heteroatoms. The number of sulfonamides is 1. The van der Waals surface area contributed by atoms with Crippen molar-refractivity contribution in [2.45, 2.75) is 31.7 Å². The number of unbranched alkanes of at least 4 members (excludes halogenated alkanes) is 1. The Labute approximate surface area is 122 Å². The molecule has 0 aromatic rings. The second-order valence-electron chi connectivity index (χ2n) is 5.65. The fourth-order valence-corrected chi connectivity index (χ4v) is 3.16. The summed E-state index contributed by atoms with van der Waals surface area (Å²) in [6.07, 6.45) is 4.14. The summed E-state index contributed by atoms with van der Waals surface area (Å²) in [4.78, 5) is 2.30. The Kier molecular flexibility index (Phi) is 6.40. The summed E-state index contributed by atoms with van der Waals surface area (Å²) in [5, 5.41) is 12.1. The predicted octanol–water partition coefficient (Wildman–Crippen LogP) is 0.236. The number of nitrogens with one attached hydrogen (secondary N) is 1. The van der Waals surface area contributed by atoms with E-state index in [1.807, 2.05) is 14.0 Å². The van der Waals surface area contributed by atoms with Crippen LogP contribution in [-0.2, 0) is 10.0 Å². The molecule has 1 heterocycles. The minimum atomic E-state index is -3.04. The summed E-state index contributed by atoms with van der Waals surface area (Å²) in [5.74, 6) is 0. The summed E-state index contributed by atoms with van der Waals surface area (Å²) in [7, 11) is -1.23. The van der Waals surface area contributed by atoms with Gasteiger partial charge in [-0.3, -0.25) is 0 Å². The first-order chi connectivity index (χ1) is 9.30. The van der Waals surface area contributed by atoms with Gasteiger partial charge in [0.05, 0.1) is 12.3 Å². The quantitative estimate of drug-likeness (QED) is 0.682. The minimum Gasteiger partial charge on any atom is -0.303 e. The molecule has 1 aliphatic heterocycles. The molecule has 116 valence electrons. The summed E-state index contributed by atoms with van der Waals surface area (Å²) >= 11 is 0. The van der Waals surface area contributed by atoms with E-state index in [9.17, 15) is 8.42 Å². The van der Waals surface area contributed by atoms with E-state index in [1.165, 1.54) is 10.6 Å². The van der Waals surface area contributed by atoms with E-state index in [-0.39, 0.29) is 0 Å². The van der Waals surface area contributed by atoms with Crippen molar-refractivity contribution in [2.75, 3.05) is 46.0 Å². The van der Waals surface area contributed by atoms with Gasteiger partial charge in [-0.15, -0.1) is 0 Å². The highest BCUT2D eigenvalue weighted by Crippen LogP contribution is 2.13. The number of hydrogen-bond acceptors (Lipinski definition) is 5. The maximum Gasteiger partial charge on any atom is 0.211 e. The average molecular weight is 302 g/mol. The molecule has 20 heavy (non-hydrogen) atoms. The van der Waals surface area contributed by atoms with Gasteiger partial charge in [0.2, 0.25) is 10.0 Å². The summed E-state index contributed by atoms with van der Waals surface area (Å²) in [6, 6.07) is 2.29. The Balaban J connectivity index is 2.21. The standard InChI is InChI=1S/C13H26N4O2S/c1-13(12-14,15-2)6-4-5-7-16-8-10-17(11-9-16)20(3,18)19/h15H,4-11H2,1-3H3. The van der Waals surface area contributed by atoms with E-state index in [0.717, 1.165) is 38.9 Å². The fraction of sp³-hybridized carbons (Fsp3) is 0.923. The molecule has 1 saturated heterocycles. The van der Waals surface area contributed by atoms with Crippen molar-refractivity contribution in [2.24, 2.45) is 0 Å². The third-order valence-electron chi connectivity index (χ3n) is 4.00. The minimum absolute atomic E-state index is 0.436. The van der Waals surface area contributed by atoms with Crippen LogP contribution < -0.4 is 5.32 Å². The first-order valence-corrected chi connectivity index (χ1v) is 8.93. The molecule has 1 fully saturated rings. The normalized spacial score (nSPS) is 21.3. The van der Waals surface area contributed by atoms with E-state index >= 15 is 0 Å². The molecule has 0 aromatic carbocycles. The van der Waals surface area contributed by atoms with Crippen LogP contribution in [-0.4, -0.2) is 69.2 Å². The first-order valence-electron chi connectivity index (χ1n) is 7.08. The first kappa shape index (κ1) is 17.4. The van der Waals surface area contributed by atoms with Gasteiger partial charge in [0.25, 0.3) is 0 Å². The SMILES string of the molecule is CNC(C)(C#N)CCCCN1CCN(S(C)(=O)=O)CC1. The van der Waals surface area contributed by atoms with Crippen molar-refractivity contribution in [3.63, 3.8) is 0 Å². The van der Waals surface area contributed by atoms with Crippen molar-refractivity contribution >= 4 is 10.0 Å². The van der Waals surface area contributed by atoms with Crippen LogP contribution in [0.4, 0.5) is 0 Å². The summed E-state index contributed by atoms with van der Waals surface area (Å²) in [5.41, 5.74) is -0.436. The van der Waals surface area contributed by atoms with Crippen molar-refractivity contribution < 1.29 is 8.42 Å². The van der Waals surface area contributed by atoms with Gasteiger partial charge in [-0.25, -0.2) is 8.42 Å². The molecule has 0 saturated carbocycles. The number of piperazine rings is 1. The Bertz CT molecular complexity index is 438. The molecule has 1 atom stereocenters. The zero-order valence-electron chi connectivity index (χ0n) is 12.7. The van der Waals surface area contributed by atoms with Crippen molar-refractivity contribution in [3.05, 3.63) is 0 Å². The van der Waals surface area contributed by atoms with Crippen LogP contribution in [0.3, 0.4) is 0 Å². The average Bonchev–Trinajstić information content (AvgIpc) is 2.43. The molecule has 0 spiro atoms. The smallest absolute Gasteiger partial charge is 0.211 e. The highest BCUT2D eigenvalue weighted by molar-refractivity contribution is 7.88. The lowest BCUT2D eigenvalue weighted by atomic mass is 9.97. The van der Waals surface area contributed by atoms with Crippen LogP contribution in [0.15, 0.2) is 0 Å². The largest absolute Gasteiger partial charge is 0.303 e. The van der Waals surface area contributed by atoms with Crippen LogP contribution in [0.2, 0.25) is 0 Å². The Morgan fingerprint density at radius 2 is 1.85 bits per heavy atom. The van der Waals surface area contributed by atoms with Crippen LogP contribution in [0.1, 0.15) is 26.2 Å². The molecule has 0 bridgehead atoms. The second kappa shape index (κ2) is 7.36. The number of hydrogen-bond donors (Lipinski definition) is 1. The molecule has 1 rings (SSSR count). The second-order valence-corrected chi connectivity index (χ2v) is 7.64. The van der Waals surface area contributed by atoms with Gasteiger partial charge in [-0.1, -0.05) is 0 Å². The molecule has 1 N–H and O–H groups in total. The van der Waals surface area contributed by atoms with Gasteiger partial charge in [0.15, 0.2) is 0 Å². The zero-order valence-corrected chi connectivity index (χ0v) is 13.5. The molecular formula is C13H26N4O2S. The molecule has 1 unspecified atom stereocenters. The molecule has 0 aliphatic carbocycles. The number of nitriles is 1. The zero-order chi connectivity index (χ0) is 15.2. The van der Waals surface area contributed by atoms with Gasteiger partial charge in [0, 0.05) is 26.2 Å². The van der Waals surface area contributed by atoms with E-state index in [2.05, 4.69) is 16.3 Å². The van der Waals surface area contributed by atoms with E-state index in [4.69, 9.17) is 5.26 Å². The highest BCUT2D eigenvalue weighted by atomic mass is 32.2. The molecule has 0 radical (unpaired) electrons. The van der Waals surface area contributed by atoms with Gasteiger partial charge < -0.3 is 10.2 Å². The maximum atomic E-state index is 11.4. The molecule has 1 aliphatic rings. The Morgan fingerprint density at radius 1 is 1.25 bits per heavy atom. The molecular weight excluding hydrogens is 276 g/mol. The third-order valence-corrected chi connectivity index (χ3v) is 5.30. The van der Waals surface area contributed by atoms with E-state index < -0.39 is 15.6 Å². The number of rotatable bonds is 7. The Hall–Kier alpha value is -0.680. The lowest BCUT2D eigenvalue weighted by Crippen LogP contribution is -2.48. The lowest BCUT2D eigenvalue weighted by Gasteiger charge is -2.33. The van der Waals surface area contributed by atoms with Gasteiger partial charge >= 0.3 is 0 Å². The number of nitrogens with zero attached hydrogens (tertiary/aromatic N) is 3. The van der Waals surface area contributed by atoms with E-state index in [0.29, 0.717) is 13.1 Å². The summed E-state index contributed by atoms with van der Waals surface area (Å²) in [6.45, 7) is 5.67. The van der Waals surface area contributed by atoms with E-state index in [1.54, 1.807) is 0 Å². The van der Waals surface area contributed by atoms with Crippen LogP contribution in [0.25, 0.3) is 0 Å². The molecule has 0 aromatic heterocycles. The van der Waals surface area contributed by atoms with Crippen LogP contribution >= 0.6 is 0 Å². The topological polar surface area (TPSA) is 76.4 Å². The third kappa shape index (κ3) is 5.37. The maximum absolute atomic E-state index is 11.4. The highest BCUT2D eigenvalue weighted by Gasteiger charge is 2.23. The fourth-order valence-electron chi connectivity index (χ4n) is 2.34.